The highest BCUT2D eigenvalue weighted by atomic mass is 14.7. The van der Waals surface area contributed by atoms with Gasteiger partial charge in [0.2, 0.25) is 0 Å². The van der Waals surface area contributed by atoms with Crippen molar-refractivity contribution in [1.82, 2.24) is 9.97 Å². The first-order valence-electron chi connectivity index (χ1n) is 19.1. The van der Waals surface area contributed by atoms with E-state index < -0.39 is 0 Å². The van der Waals surface area contributed by atoms with Crippen LogP contribution in [0.5, 0.6) is 0 Å². The molecule has 268 valence electrons. The van der Waals surface area contributed by atoms with Crippen molar-refractivity contribution in [3.8, 4) is 67.0 Å². The zero-order valence-corrected chi connectivity index (χ0v) is 31.5. The summed E-state index contributed by atoms with van der Waals surface area (Å²) >= 11 is 0. The fourth-order valence-corrected chi connectivity index (χ4v) is 6.90. The summed E-state index contributed by atoms with van der Waals surface area (Å²) in [4.78, 5) is 9.55. The molecule has 6 aromatic carbocycles. The van der Waals surface area contributed by atoms with E-state index in [0.717, 1.165) is 40.2 Å². The van der Waals surface area contributed by atoms with E-state index >= 15 is 0 Å². The van der Waals surface area contributed by atoms with Gasteiger partial charge in [-0.15, -0.1) is 0 Å². The van der Waals surface area contributed by atoms with Gasteiger partial charge in [0, 0.05) is 17.3 Å². The van der Waals surface area contributed by atoms with Crippen LogP contribution in [0, 0.1) is 6.92 Å². The van der Waals surface area contributed by atoms with Gasteiger partial charge in [-0.3, -0.25) is 4.98 Å². The van der Waals surface area contributed by atoms with Gasteiger partial charge in [-0.1, -0.05) is 194 Å². The summed E-state index contributed by atoms with van der Waals surface area (Å²) < 4.78 is 0. The first kappa shape index (κ1) is 35.8. The molecule has 2 nitrogen and oxygen atoms in total. The summed E-state index contributed by atoms with van der Waals surface area (Å²) in [5.74, 6) is 0. The van der Waals surface area contributed by atoms with Crippen LogP contribution >= 0.6 is 0 Å². The van der Waals surface area contributed by atoms with Crippen LogP contribution < -0.4 is 0 Å². The van der Waals surface area contributed by atoms with Crippen molar-refractivity contribution in [2.24, 2.45) is 0 Å². The number of hydrogen-bond acceptors (Lipinski definition) is 2. The molecule has 56 heavy (non-hydrogen) atoms. The molecule has 9 rings (SSSR count). The Kier molecular flexibility index (Phi) is 11.1. The minimum Gasteiger partial charge on any atom is -0.256 e. The average molecular weight is 719 g/mol. The largest absolute Gasteiger partial charge is 0.256 e. The third kappa shape index (κ3) is 8.79. The summed E-state index contributed by atoms with van der Waals surface area (Å²) in [6.07, 6.45) is 13.6. The minimum absolute atomic E-state index is 0.950. The van der Waals surface area contributed by atoms with Crippen molar-refractivity contribution in [2.45, 2.75) is 13.3 Å². The van der Waals surface area contributed by atoms with Gasteiger partial charge in [0.15, 0.2) is 0 Å². The Morgan fingerprint density at radius 2 is 0.875 bits per heavy atom. The molecule has 1 aliphatic carbocycles. The van der Waals surface area contributed by atoms with Crippen LogP contribution in [0.2, 0.25) is 0 Å². The highest BCUT2D eigenvalue weighted by molar-refractivity contribution is 5.81. The Bertz CT molecular complexity index is 2620. The second-order valence-corrected chi connectivity index (χ2v) is 13.9. The zero-order valence-electron chi connectivity index (χ0n) is 31.5. The lowest BCUT2D eigenvalue weighted by Crippen LogP contribution is -1.94. The van der Waals surface area contributed by atoms with Gasteiger partial charge >= 0.3 is 0 Å². The fourth-order valence-electron chi connectivity index (χ4n) is 6.90. The first-order valence-corrected chi connectivity index (χ1v) is 19.1. The van der Waals surface area contributed by atoms with Crippen LogP contribution in [-0.2, 0) is 0 Å². The van der Waals surface area contributed by atoms with E-state index in [0.29, 0.717) is 0 Å². The Labute approximate surface area is 330 Å². The van der Waals surface area contributed by atoms with Gasteiger partial charge in [0.25, 0.3) is 0 Å². The van der Waals surface area contributed by atoms with E-state index in [1.54, 1.807) is 0 Å². The van der Waals surface area contributed by atoms with E-state index in [2.05, 4.69) is 206 Å². The molecule has 0 amide bonds. The van der Waals surface area contributed by atoms with E-state index in [4.69, 9.17) is 4.98 Å². The van der Waals surface area contributed by atoms with Crippen molar-refractivity contribution >= 4 is 5.57 Å². The van der Waals surface area contributed by atoms with Gasteiger partial charge in [-0.2, -0.15) is 0 Å². The second-order valence-electron chi connectivity index (χ2n) is 13.9. The molecule has 0 fully saturated rings. The summed E-state index contributed by atoms with van der Waals surface area (Å²) in [5.41, 5.74) is 17.3. The number of pyridine rings is 2. The van der Waals surface area contributed by atoms with Crippen LogP contribution in [0.15, 0.2) is 225 Å². The number of aryl methyl sites for hydroxylation is 1. The molecule has 8 aromatic rings. The standard InChI is InChI=1S/C31H25N.C23H17N/c1-23-10-9-15-28(20-23)31-22-29(21-30(32-31)27-13-5-2-3-6-14-27)26-18-16-25(17-19-26)24-11-7-4-8-12-24;1-3-7-18(8-4-1)19-11-13-20(14-12-19)22-15-16-24-23(17-22)21-9-5-2-6-10-21/h2,4-22H,3H2,1H3;1-17H. The molecule has 1 aliphatic rings. The van der Waals surface area contributed by atoms with Crippen molar-refractivity contribution in [3.63, 3.8) is 0 Å². The van der Waals surface area contributed by atoms with E-state index in [1.807, 2.05) is 30.5 Å². The van der Waals surface area contributed by atoms with Crippen molar-refractivity contribution < 1.29 is 0 Å². The Morgan fingerprint density at radius 3 is 1.48 bits per heavy atom. The van der Waals surface area contributed by atoms with Crippen LogP contribution in [0.4, 0.5) is 0 Å². The smallest absolute Gasteiger partial charge is 0.0715 e. The normalized spacial score (nSPS) is 11.9. The molecule has 0 saturated carbocycles. The molecule has 0 saturated heterocycles. The molecule has 2 aromatic heterocycles. The topological polar surface area (TPSA) is 25.8 Å². The van der Waals surface area contributed by atoms with Crippen LogP contribution in [0.3, 0.4) is 0 Å². The Morgan fingerprint density at radius 1 is 0.375 bits per heavy atom. The van der Waals surface area contributed by atoms with Gasteiger partial charge in [0.05, 0.1) is 17.1 Å². The fraction of sp³-hybridized carbons (Fsp3) is 0.0370. The third-order valence-corrected chi connectivity index (χ3v) is 9.90. The number of benzene rings is 6. The summed E-state index contributed by atoms with van der Waals surface area (Å²) in [6, 6.07) is 65.9. The first-order chi connectivity index (χ1) is 27.7. The summed E-state index contributed by atoms with van der Waals surface area (Å²) in [6.45, 7) is 2.12. The molecule has 0 unspecified atom stereocenters. The molecule has 2 heteroatoms. The molecule has 0 aliphatic heterocycles. The molecule has 2 heterocycles. The lowest BCUT2D eigenvalue weighted by Gasteiger charge is -2.12. The number of rotatable bonds is 7. The molecule has 0 radical (unpaired) electrons. The molecular weight excluding hydrogens is 677 g/mol. The molecule has 0 bridgehead atoms. The molecule has 0 N–H and O–H groups in total. The van der Waals surface area contributed by atoms with Gasteiger partial charge < -0.3 is 0 Å². The van der Waals surface area contributed by atoms with E-state index in [-0.39, 0.29) is 0 Å². The second kappa shape index (κ2) is 17.3. The van der Waals surface area contributed by atoms with Crippen molar-refractivity contribution in [2.75, 3.05) is 0 Å². The predicted octanol–water partition coefficient (Wildman–Crippen LogP) is 14.4. The quantitative estimate of drug-likeness (QED) is 0.164. The third-order valence-electron chi connectivity index (χ3n) is 9.90. The van der Waals surface area contributed by atoms with E-state index in [9.17, 15) is 0 Å². The maximum absolute atomic E-state index is 5.05. The lowest BCUT2D eigenvalue weighted by molar-refractivity contribution is 1.27. The lowest BCUT2D eigenvalue weighted by atomic mass is 9.97. The Balaban J connectivity index is 0.000000164. The number of allylic oxidation sites excluding steroid dienone is 6. The molecule has 0 spiro atoms. The SMILES string of the molecule is Cc1cccc(-c2cc(-c3ccc(-c4ccccc4)cc3)cc(C3=CC=CCC=C3)n2)c1.c1ccc(-c2ccc(-c3ccnc(-c4ccccc4)c3)cc2)cc1. The van der Waals surface area contributed by atoms with Gasteiger partial charge in [-0.05, 0) is 93.8 Å². The zero-order chi connectivity index (χ0) is 37.9. The maximum atomic E-state index is 5.05. The predicted molar refractivity (Wildman–Crippen MR) is 237 cm³/mol. The maximum Gasteiger partial charge on any atom is 0.0715 e. The minimum atomic E-state index is 0.950. The Hall–Kier alpha value is -7.16. The van der Waals surface area contributed by atoms with Crippen molar-refractivity contribution in [1.29, 1.82) is 0 Å². The number of aromatic nitrogens is 2. The molecular formula is C54H42N2. The van der Waals surface area contributed by atoms with Crippen LogP contribution in [0.1, 0.15) is 17.7 Å². The monoisotopic (exact) mass is 718 g/mol. The molecule has 0 atom stereocenters. The summed E-state index contributed by atoms with van der Waals surface area (Å²) in [7, 11) is 0. The van der Waals surface area contributed by atoms with Crippen LogP contribution in [-0.4, -0.2) is 9.97 Å². The van der Waals surface area contributed by atoms with E-state index in [1.165, 1.54) is 50.1 Å². The number of hydrogen-bond donors (Lipinski definition) is 0. The number of nitrogens with zero attached hydrogens (tertiary/aromatic N) is 2. The average Bonchev–Trinajstić information content (AvgIpc) is 3.58. The van der Waals surface area contributed by atoms with Gasteiger partial charge in [0.1, 0.15) is 0 Å². The van der Waals surface area contributed by atoms with Crippen LogP contribution in [0.25, 0.3) is 72.6 Å². The highest BCUT2D eigenvalue weighted by Crippen LogP contribution is 2.32. The highest BCUT2D eigenvalue weighted by Gasteiger charge is 2.11. The summed E-state index contributed by atoms with van der Waals surface area (Å²) in [5, 5.41) is 0. The van der Waals surface area contributed by atoms with Gasteiger partial charge in [-0.25, -0.2) is 4.98 Å². The van der Waals surface area contributed by atoms with Crippen molar-refractivity contribution in [3.05, 3.63) is 236 Å².